The van der Waals surface area contributed by atoms with Crippen LogP contribution >= 0.6 is 11.6 Å². The Labute approximate surface area is 120 Å². The average molecular weight is 280 g/mol. The van der Waals surface area contributed by atoms with Crippen LogP contribution in [-0.4, -0.2) is 11.9 Å². The number of rotatable bonds is 5. The highest BCUT2D eigenvalue weighted by atomic mass is 35.5. The zero-order valence-electron chi connectivity index (χ0n) is 12.0. The van der Waals surface area contributed by atoms with Crippen molar-refractivity contribution in [3.63, 3.8) is 0 Å². The van der Waals surface area contributed by atoms with Crippen LogP contribution in [0.4, 0.5) is 0 Å². The first kappa shape index (κ1) is 15.8. The molecular formula is C16H22ClNO. The first-order valence-corrected chi connectivity index (χ1v) is 7.02. The Morgan fingerprint density at radius 2 is 1.74 bits per heavy atom. The van der Waals surface area contributed by atoms with Crippen LogP contribution in [-0.2, 0) is 4.79 Å². The van der Waals surface area contributed by atoms with E-state index in [1.54, 1.807) is 12.2 Å². The van der Waals surface area contributed by atoms with Crippen LogP contribution < -0.4 is 5.32 Å². The summed E-state index contributed by atoms with van der Waals surface area (Å²) < 4.78 is 0. The lowest BCUT2D eigenvalue weighted by molar-refractivity contribution is -0.117. The third-order valence-corrected chi connectivity index (χ3v) is 3.41. The Morgan fingerprint density at radius 1 is 1.16 bits per heavy atom. The van der Waals surface area contributed by atoms with Crippen molar-refractivity contribution in [1.29, 1.82) is 0 Å². The van der Waals surface area contributed by atoms with Gasteiger partial charge in [-0.05, 0) is 29.5 Å². The molecule has 1 N–H and O–H groups in total. The number of hydrogen-bond acceptors (Lipinski definition) is 1. The molecule has 0 radical (unpaired) electrons. The first-order chi connectivity index (χ1) is 8.91. The standard InChI is InChI=1S/C16H22ClNO/c1-11(2)16(12(3)4)18-15(19)10-9-13-7-5-6-8-14(13)17/h5-12,16H,1-4H3,(H,18,19)/b10-9+. The van der Waals surface area contributed by atoms with Crippen LogP contribution in [0.15, 0.2) is 30.3 Å². The number of nitrogens with one attached hydrogen (secondary N) is 1. The fourth-order valence-corrected chi connectivity index (χ4v) is 2.29. The molecule has 2 nitrogen and oxygen atoms in total. The van der Waals surface area contributed by atoms with Crippen molar-refractivity contribution in [2.45, 2.75) is 33.7 Å². The molecule has 0 aliphatic rings. The summed E-state index contributed by atoms with van der Waals surface area (Å²) in [6, 6.07) is 7.64. The molecule has 19 heavy (non-hydrogen) atoms. The number of amides is 1. The van der Waals surface area contributed by atoms with Gasteiger partial charge in [0.1, 0.15) is 0 Å². The smallest absolute Gasteiger partial charge is 0.244 e. The van der Waals surface area contributed by atoms with Gasteiger partial charge in [0.2, 0.25) is 5.91 Å². The lowest BCUT2D eigenvalue weighted by atomic mass is 9.93. The van der Waals surface area contributed by atoms with E-state index in [1.807, 2.05) is 24.3 Å². The van der Waals surface area contributed by atoms with Crippen molar-refractivity contribution in [3.05, 3.63) is 40.9 Å². The second kappa shape index (κ2) is 7.34. The molecule has 104 valence electrons. The van der Waals surface area contributed by atoms with E-state index in [1.165, 1.54) is 0 Å². The largest absolute Gasteiger partial charge is 0.349 e. The predicted molar refractivity (Wildman–Crippen MR) is 82.1 cm³/mol. The maximum absolute atomic E-state index is 11.9. The van der Waals surface area contributed by atoms with Crippen molar-refractivity contribution >= 4 is 23.6 Å². The molecule has 1 rings (SSSR count). The summed E-state index contributed by atoms with van der Waals surface area (Å²) in [5.74, 6) is 0.752. The highest BCUT2D eigenvalue weighted by Crippen LogP contribution is 2.16. The molecular weight excluding hydrogens is 258 g/mol. The van der Waals surface area contributed by atoms with Crippen LogP contribution in [0.25, 0.3) is 6.08 Å². The van der Waals surface area contributed by atoms with Gasteiger partial charge in [-0.15, -0.1) is 0 Å². The van der Waals surface area contributed by atoms with Crippen LogP contribution in [0.3, 0.4) is 0 Å². The third kappa shape index (κ3) is 5.07. The van der Waals surface area contributed by atoms with E-state index in [-0.39, 0.29) is 11.9 Å². The Kier molecular flexibility index (Phi) is 6.10. The highest BCUT2D eigenvalue weighted by Gasteiger charge is 2.18. The van der Waals surface area contributed by atoms with Gasteiger partial charge in [0.05, 0.1) is 0 Å². The van der Waals surface area contributed by atoms with Gasteiger partial charge in [-0.1, -0.05) is 57.5 Å². The quantitative estimate of drug-likeness (QED) is 0.806. The van der Waals surface area contributed by atoms with E-state index in [0.717, 1.165) is 5.56 Å². The van der Waals surface area contributed by atoms with Crippen molar-refractivity contribution in [3.8, 4) is 0 Å². The number of hydrogen-bond donors (Lipinski definition) is 1. The SMILES string of the molecule is CC(C)C(NC(=O)/C=C/c1ccccc1Cl)C(C)C. The molecule has 0 aromatic heterocycles. The minimum Gasteiger partial charge on any atom is -0.349 e. The number of benzene rings is 1. The molecule has 0 unspecified atom stereocenters. The van der Waals surface area contributed by atoms with Gasteiger partial charge in [0, 0.05) is 17.1 Å². The van der Waals surface area contributed by atoms with Crippen molar-refractivity contribution < 1.29 is 4.79 Å². The maximum Gasteiger partial charge on any atom is 0.244 e. The molecule has 0 aliphatic heterocycles. The Hall–Kier alpha value is -1.28. The molecule has 1 aromatic rings. The van der Waals surface area contributed by atoms with Gasteiger partial charge >= 0.3 is 0 Å². The van der Waals surface area contributed by atoms with E-state index in [9.17, 15) is 4.79 Å². The lowest BCUT2D eigenvalue weighted by Crippen LogP contribution is -2.41. The fraction of sp³-hybridized carbons (Fsp3) is 0.438. The Morgan fingerprint density at radius 3 is 2.26 bits per heavy atom. The molecule has 0 bridgehead atoms. The van der Waals surface area contributed by atoms with Gasteiger partial charge in [-0.3, -0.25) is 4.79 Å². The average Bonchev–Trinajstić information content (AvgIpc) is 2.34. The van der Waals surface area contributed by atoms with E-state index < -0.39 is 0 Å². The first-order valence-electron chi connectivity index (χ1n) is 6.65. The molecule has 0 heterocycles. The molecule has 1 amide bonds. The monoisotopic (exact) mass is 279 g/mol. The van der Waals surface area contributed by atoms with Crippen LogP contribution in [0, 0.1) is 11.8 Å². The molecule has 0 spiro atoms. The second-order valence-electron chi connectivity index (χ2n) is 5.38. The third-order valence-electron chi connectivity index (χ3n) is 3.06. The number of halogens is 1. The van der Waals surface area contributed by atoms with E-state index in [2.05, 4.69) is 33.0 Å². The highest BCUT2D eigenvalue weighted by molar-refractivity contribution is 6.32. The van der Waals surface area contributed by atoms with Gasteiger partial charge < -0.3 is 5.32 Å². The van der Waals surface area contributed by atoms with Crippen molar-refractivity contribution in [2.75, 3.05) is 0 Å². The molecule has 0 aliphatic carbocycles. The zero-order valence-corrected chi connectivity index (χ0v) is 12.7. The predicted octanol–water partition coefficient (Wildman–Crippen LogP) is 4.15. The number of carbonyl (C=O) groups excluding carboxylic acids is 1. The lowest BCUT2D eigenvalue weighted by Gasteiger charge is -2.25. The molecule has 0 atom stereocenters. The topological polar surface area (TPSA) is 29.1 Å². The summed E-state index contributed by atoms with van der Waals surface area (Å²) in [7, 11) is 0. The summed E-state index contributed by atoms with van der Waals surface area (Å²) in [4.78, 5) is 11.9. The van der Waals surface area contributed by atoms with E-state index >= 15 is 0 Å². The summed E-state index contributed by atoms with van der Waals surface area (Å²) in [6.07, 6.45) is 3.29. The molecule has 0 saturated heterocycles. The van der Waals surface area contributed by atoms with E-state index in [4.69, 9.17) is 11.6 Å². The zero-order chi connectivity index (χ0) is 14.4. The summed E-state index contributed by atoms with van der Waals surface area (Å²) in [5.41, 5.74) is 0.852. The van der Waals surface area contributed by atoms with Gasteiger partial charge in [-0.25, -0.2) is 0 Å². The van der Waals surface area contributed by atoms with Crippen molar-refractivity contribution in [1.82, 2.24) is 5.32 Å². The summed E-state index contributed by atoms with van der Waals surface area (Å²) in [5, 5.41) is 3.69. The Balaban J connectivity index is 2.67. The van der Waals surface area contributed by atoms with Crippen molar-refractivity contribution in [2.24, 2.45) is 11.8 Å². The van der Waals surface area contributed by atoms with E-state index in [0.29, 0.717) is 16.9 Å². The maximum atomic E-state index is 11.9. The van der Waals surface area contributed by atoms with Gasteiger partial charge in [0.25, 0.3) is 0 Å². The minimum absolute atomic E-state index is 0.0766. The minimum atomic E-state index is -0.0766. The normalized spacial score (nSPS) is 11.8. The van der Waals surface area contributed by atoms with Gasteiger partial charge in [0.15, 0.2) is 0 Å². The van der Waals surface area contributed by atoms with Gasteiger partial charge in [-0.2, -0.15) is 0 Å². The molecule has 3 heteroatoms. The summed E-state index contributed by atoms with van der Waals surface area (Å²) in [6.45, 7) is 8.46. The fourth-order valence-electron chi connectivity index (χ4n) is 2.09. The number of carbonyl (C=O) groups is 1. The second-order valence-corrected chi connectivity index (χ2v) is 5.78. The van der Waals surface area contributed by atoms with Crippen LogP contribution in [0.1, 0.15) is 33.3 Å². The molecule has 0 saturated carbocycles. The van der Waals surface area contributed by atoms with Crippen LogP contribution in [0.2, 0.25) is 5.02 Å². The Bertz CT molecular complexity index is 444. The molecule has 1 aromatic carbocycles. The summed E-state index contributed by atoms with van der Waals surface area (Å²) >= 11 is 6.03. The van der Waals surface area contributed by atoms with Crippen LogP contribution in [0.5, 0.6) is 0 Å². The molecule has 0 fully saturated rings.